The molecule has 1 fully saturated rings. The van der Waals surface area contributed by atoms with Crippen molar-refractivity contribution in [1.29, 1.82) is 0 Å². The molecule has 1 unspecified atom stereocenters. The van der Waals surface area contributed by atoms with Crippen molar-refractivity contribution >= 4 is 0 Å². The maximum absolute atomic E-state index is 11.8. The highest BCUT2D eigenvalue weighted by Gasteiger charge is 2.40. The molecule has 15 heavy (non-hydrogen) atoms. The van der Waals surface area contributed by atoms with Crippen molar-refractivity contribution in [3.63, 3.8) is 0 Å². The molecule has 0 aromatic heterocycles. The van der Waals surface area contributed by atoms with Crippen LogP contribution in [0.15, 0.2) is 0 Å². The number of hydrogen-bond donors (Lipinski definition) is 1. The topological polar surface area (TPSA) is 29.5 Å². The summed E-state index contributed by atoms with van der Waals surface area (Å²) in [5.74, 6) is 0.456. The van der Waals surface area contributed by atoms with E-state index in [-0.39, 0.29) is 18.6 Å². The zero-order valence-corrected chi connectivity index (χ0v) is 8.81. The maximum atomic E-state index is 11.8. The Bertz CT molecular complexity index is 201. The Labute approximate surface area is 87.4 Å². The number of alkyl halides is 3. The van der Waals surface area contributed by atoms with Crippen LogP contribution in [0.2, 0.25) is 0 Å². The minimum atomic E-state index is -4.25. The summed E-state index contributed by atoms with van der Waals surface area (Å²) in [5.41, 5.74) is -0.258. The van der Waals surface area contributed by atoms with E-state index in [1.165, 1.54) is 0 Å². The zero-order chi connectivity index (χ0) is 11.5. The number of hydrogen-bond acceptors (Lipinski definition) is 2. The third-order valence-electron chi connectivity index (χ3n) is 3.01. The van der Waals surface area contributed by atoms with Crippen molar-refractivity contribution in [2.45, 2.75) is 32.4 Å². The van der Waals surface area contributed by atoms with E-state index >= 15 is 0 Å². The molecule has 0 aromatic rings. The molecule has 0 heterocycles. The van der Waals surface area contributed by atoms with Crippen LogP contribution in [0.4, 0.5) is 13.2 Å². The number of ether oxygens (including phenoxy) is 1. The van der Waals surface area contributed by atoms with Gasteiger partial charge in [0, 0.05) is 13.2 Å². The summed E-state index contributed by atoms with van der Waals surface area (Å²) in [6.07, 6.45) is -1.63. The lowest BCUT2D eigenvalue weighted by Crippen LogP contribution is -2.27. The van der Waals surface area contributed by atoms with Crippen molar-refractivity contribution < 1.29 is 23.0 Å². The van der Waals surface area contributed by atoms with Crippen LogP contribution in [-0.2, 0) is 4.74 Å². The summed E-state index contributed by atoms with van der Waals surface area (Å²) in [7, 11) is 0. The molecule has 1 N–H and O–H groups in total. The number of halogens is 3. The molecular weight excluding hydrogens is 209 g/mol. The zero-order valence-electron chi connectivity index (χ0n) is 8.81. The molecule has 0 aliphatic heterocycles. The molecule has 0 amide bonds. The van der Waals surface area contributed by atoms with Gasteiger partial charge in [0.15, 0.2) is 0 Å². The number of aliphatic hydroxyl groups excluding tert-OH is 1. The van der Waals surface area contributed by atoms with Crippen LogP contribution in [0, 0.1) is 11.3 Å². The second-order valence-electron chi connectivity index (χ2n) is 4.50. The van der Waals surface area contributed by atoms with Crippen LogP contribution in [-0.4, -0.2) is 31.1 Å². The number of rotatable bonds is 6. The van der Waals surface area contributed by atoms with Gasteiger partial charge in [-0.15, -0.1) is 0 Å². The molecule has 1 aliphatic rings. The summed E-state index contributed by atoms with van der Waals surface area (Å²) < 4.78 is 39.8. The summed E-state index contributed by atoms with van der Waals surface area (Å²) in [6.45, 7) is 0.793. The van der Waals surface area contributed by atoms with Crippen molar-refractivity contribution in [2.24, 2.45) is 11.3 Å². The van der Waals surface area contributed by atoms with Crippen LogP contribution in [0.1, 0.15) is 26.2 Å². The van der Waals surface area contributed by atoms with Gasteiger partial charge in [-0.2, -0.15) is 13.2 Å². The Morgan fingerprint density at radius 2 is 1.93 bits per heavy atom. The molecule has 0 aromatic carbocycles. The van der Waals surface area contributed by atoms with Gasteiger partial charge in [0.05, 0.1) is 0 Å². The standard InChI is InChI=1S/C10H17F3O2/c1-9(6-14,8-2-3-8)4-5-15-7-10(11,12)13/h8,14H,2-7H2,1H3. The smallest absolute Gasteiger partial charge is 0.396 e. The number of aliphatic hydroxyl groups is 1. The van der Waals surface area contributed by atoms with Crippen molar-refractivity contribution in [3.05, 3.63) is 0 Å². The molecule has 5 heteroatoms. The van der Waals surface area contributed by atoms with Gasteiger partial charge in [-0.05, 0) is 30.6 Å². The second kappa shape index (κ2) is 4.70. The highest BCUT2D eigenvalue weighted by atomic mass is 19.4. The highest BCUT2D eigenvalue weighted by molar-refractivity contribution is 4.90. The lowest BCUT2D eigenvalue weighted by molar-refractivity contribution is -0.175. The average molecular weight is 226 g/mol. The molecule has 1 rings (SSSR count). The van der Waals surface area contributed by atoms with E-state index in [2.05, 4.69) is 4.74 Å². The lowest BCUT2D eigenvalue weighted by atomic mass is 9.83. The SMILES string of the molecule is CC(CO)(CCOCC(F)(F)F)C1CC1. The summed E-state index contributed by atoms with van der Waals surface area (Å²) in [4.78, 5) is 0. The molecule has 2 nitrogen and oxygen atoms in total. The van der Waals surface area contributed by atoms with Gasteiger partial charge in [0.1, 0.15) is 6.61 Å². The first-order valence-electron chi connectivity index (χ1n) is 5.13. The predicted molar refractivity (Wildman–Crippen MR) is 49.4 cm³/mol. The Kier molecular flexibility index (Phi) is 4.00. The molecule has 1 atom stereocenters. The molecule has 0 spiro atoms. The molecule has 90 valence electrons. The maximum Gasteiger partial charge on any atom is 0.411 e. The van der Waals surface area contributed by atoms with E-state index in [1.54, 1.807) is 0 Å². The Morgan fingerprint density at radius 3 is 2.33 bits per heavy atom. The van der Waals surface area contributed by atoms with E-state index in [1.807, 2.05) is 6.92 Å². The van der Waals surface area contributed by atoms with Crippen LogP contribution in [0.3, 0.4) is 0 Å². The first-order chi connectivity index (χ1) is 6.87. The quantitative estimate of drug-likeness (QED) is 0.704. The van der Waals surface area contributed by atoms with Gasteiger partial charge in [-0.3, -0.25) is 0 Å². The third kappa shape index (κ3) is 4.38. The van der Waals surface area contributed by atoms with Crippen LogP contribution in [0.25, 0.3) is 0 Å². The summed E-state index contributed by atoms with van der Waals surface area (Å²) in [6, 6.07) is 0. The fourth-order valence-corrected chi connectivity index (χ4v) is 1.69. The molecule has 1 saturated carbocycles. The highest BCUT2D eigenvalue weighted by Crippen LogP contribution is 2.47. The van der Waals surface area contributed by atoms with Gasteiger partial charge < -0.3 is 9.84 Å². The fraction of sp³-hybridized carbons (Fsp3) is 1.00. The van der Waals surface area contributed by atoms with Crippen molar-refractivity contribution in [3.8, 4) is 0 Å². The molecule has 0 saturated heterocycles. The fourth-order valence-electron chi connectivity index (χ4n) is 1.69. The monoisotopic (exact) mass is 226 g/mol. The summed E-state index contributed by atoms with van der Waals surface area (Å²) in [5, 5.41) is 9.18. The van der Waals surface area contributed by atoms with E-state index < -0.39 is 12.8 Å². The molecular formula is C10H17F3O2. The third-order valence-corrected chi connectivity index (χ3v) is 3.01. The largest absolute Gasteiger partial charge is 0.411 e. The van der Waals surface area contributed by atoms with E-state index in [0.717, 1.165) is 12.8 Å². The predicted octanol–water partition coefficient (Wildman–Crippen LogP) is 2.36. The first kappa shape index (κ1) is 12.8. The van der Waals surface area contributed by atoms with Crippen molar-refractivity contribution in [1.82, 2.24) is 0 Å². The van der Waals surface area contributed by atoms with E-state index in [9.17, 15) is 18.3 Å². The molecule has 0 bridgehead atoms. The first-order valence-corrected chi connectivity index (χ1v) is 5.13. The van der Waals surface area contributed by atoms with Crippen LogP contribution >= 0.6 is 0 Å². The minimum Gasteiger partial charge on any atom is -0.396 e. The summed E-state index contributed by atoms with van der Waals surface area (Å²) >= 11 is 0. The normalized spacial score (nSPS) is 21.4. The Hall–Kier alpha value is -0.290. The van der Waals surface area contributed by atoms with Gasteiger partial charge in [0.25, 0.3) is 0 Å². The van der Waals surface area contributed by atoms with Gasteiger partial charge in [-0.25, -0.2) is 0 Å². The van der Waals surface area contributed by atoms with Crippen LogP contribution in [0.5, 0.6) is 0 Å². The van der Waals surface area contributed by atoms with Gasteiger partial charge in [0.2, 0.25) is 0 Å². The molecule has 1 aliphatic carbocycles. The van der Waals surface area contributed by atoms with E-state index in [0.29, 0.717) is 12.3 Å². The van der Waals surface area contributed by atoms with Crippen LogP contribution < -0.4 is 0 Å². The molecule has 0 radical (unpaired) electrons. The van der Waals surface area contributed by atoms with Crippen molar-refractivity contribution in [2.75, 3.05) is 19.8 Å². The van der Waals surface area contributed by atoms with Gasteiger partial charge >= 0.3 is 6.18 Å². The second-order valence-corrected chi connectivity index (χ2v) is 4.50. The van der Waals surface area contributed by atoms with Gasteiger partial charge in [-0.1, -0.05) is 6.92 Å². The Balaban J connectivity index is 2.18. The van der Waals surface area contributed by atoms with E-state index in [4.69, 9.17) is 0 Å². The Morgan fingerprint density at radius 1 is 1.33 bits per heavy atom. The lowest BCUT2D eigenvalue weighted by Gasteiger charge is -2.27. The minimum absolute atomic E-state index is 0.0209. The average Bonchev–Trinajstić information content (AvgIpc) is 2.93.